The highest BCUT2D eigenvalue weighted by Crippen LogP contribution is 2.20. The van der Waals surface area contributed by atoms with Crippen molar-refractivity contribution in [1.82, 2.24) is 10.2 Å². The number of hydrogen-bond donors (Lipinski definition) is 1. The Morgan fingerprint density at radius 3 is 2.38 bits per heavy atom. The number of rotatable bonds is 9. The predicted molar refractivity (Wildman–Crippen MR) is 118 cm³/mol. The van der Waals surface area contributed by atoms with E-state index in [1.165, 1.54) is 44.9 Å². The molecule has 1 N–H and O–H groups in total. The van der Waals surface area contributed by atoms with Crippen molar-refractivity contribution in [2.24, 2.45) is 4.99 Å². The number of nitrogens with one attached hydrogen (secondary N) is 1. The maximum atomic E-state index is 6.09. The van der Waals surface area contributed by atoms with Crippen molar-refractivity contribution in [3.05, 3.63) is 0 Å². The number of hydrogen-bond acceptors (Lipinski definition) is 4. The minimum absolute atomic E-state index is 0.328. The van der Waals surface area contributed by atoms with Crippen molar-refractivity contribution in [1.29, 1.82) is 0 Å². The van der Waals surface area contributed by atoms with Gasteiger partial charge in [0.25, 0.3) is 0 Å². The number of ether oxygens (including phenoxy) is 3. The van der Waals surface area contributed by atoms with E-state index in [2.05, 4.69) is 15.2 Å². The van der Waals surface area contributed by atoms with E-state index >= 15 is 0 Å². The van der Waals surface area contributed by atoms with E-state index < -0.39 is 0 Å². The number of piperidine rings is 1. The second-order valence-electron chi connectivity index (χ2n) is 8.82. The van der Waals surface area contributed by atoms with Crippen molar-refractivity contribution >= 4 is 5.96 Å². The van der Waals surface area contributed by atoms with E-state index in [0.29, 0.717) is 18.3 Å². The highest BCUT2D eigenvalue weighted by atomic mass is 16.5. The van der Waals surface area contributed by atoms with Crippen molar-refractivity contribution in [2.45, 2.75) is 95.4 Å². The molecule has 6 nitrogen and oxygen atoms in total. The maximum Gasteiger partial charge on any atom is 0.193 e. The molecular weight excluding hydrogens is 366 g/mol. The Morgan fingerprint density at radius 1 is 0.931 bits per heavy atom. The molecule has 6 heteroatoms. The first-order valence-electron chi connectivity index (χ1n) is 12.2. The summed E-state index contributed by atoms with van der Waals surface area (Å²) >= 11 is 0. The molecule has 2 saturated heterocycles. The van der Waals surface area contributed by atoms with Crippen molar-refractivity contribution < 1.29 is 14.2 Å². The summed E-state index contributed by atoms with van der Waals surface area (Å²) in [5, 5.41) is 3.54. The molecule has 2 aliphatic heterocycles. The molecule has 0 bridgehead atoms. The maximum absolute atomic E-state index is 6.09. The zero-order chi connectivity index (χ0) is 20.2. The van der Waals surface area contributed by atoms with Gasteiger partial charge in [-0.15, -0.1) is 0 Å². The third-order valence-corrected chi connectivity index (χ3v) is 6.51. The van der Waals surface area contributed by atoms with Gasteiger partial charge >= 0.3 is 0 Å². The predicted octanol–water partition coefficient (Wildman–Crippen LogP) is 3.74. The second kappa shape index (κ2) is 13.5. The van der Waals surface area contributed by atoms with Crippen LogP contribution in [0.1, 0.15) is 77.0 Å². The molecule has 0 aromatic rings. The molecule has 3 fully saturated rings. The van der Waals surface area contributed by atoms with Crippen LogP contribution in [0, 0.1) is 0 Å². The third kappa shape index (κ3) is 8.42. The van der Waals surface area contributed by atoms with Crippen LogP contribution in [-0.4, -0.2) is 75.7 Å². The molecule has 168 valence electrons. The van der Waals surface area contributed by atoms with Crippen LogP contribution in [0.25, 0.3) is 0 Å². The quantitative estimate of drug-likeness (QED) is 0.272. The fraction of sp³-hybridized carbons (Fsp3) is 0.957. The van der Waals surface area contributed by atoms with Gasteiger partial charge in [-0.1, -0.05) is 25.7 Å². The number of nitrogens with zero attached hydrogens (tertiary/aromatic N) is 2. The number of aliphatic imine (C=N–C) groups is 1. The van der Waals surface area contributed by atoms with Crippen LogP contribution in [0.2, 0.25) is 0 Å². The average molecular weight is 410 g/mol. The fourth-order valence-corrected chi connectivity index (χ4v) is 4.67. The van der Waals surface area contributed by atoms with E-state index in [0.717, 1.165) is 77.5 Å². The van der Waals surface area contributed by atoms with Gasteiger partial charge in [0.05, 0.1) is 24.9 Å². The van der Waals surface area contributed by atoms with Gasteiger partial charge in [-0.05, 0) is 51.4 Å². The first-order valence-corrected chi connectivity index (χ1v) is 12.2. The van der Waals surface area contributed by atoms with Crippen LogP contribution in [0.3, 0.4) is 0 Å². The Hall–Kier alpha value is -0.850. The molecule has 1 atom stereocenters. The lowest BCUT2D eigenvalue weighted by molar-refractivity contribution is -0.0367. The summed E-state index contributed by atoms with van der Waals surface area (Å²) < 4.78 is 17.8. The van der Waals surface area contributed by atoms with Gasteiger partial charge < -0.3 is 24.4 Å². The normalized spacial score (nSPS) is 25.3. The van der Waals surface area contributed by atoms with E-state index in [-0.39, 0.29) is 0 Å². The molecule has 0 amide bonds. The van der Waals surface area contributed by atoms with Gasteiger partial charge in [-0.2, -0.15) is 0 Å². The molecular formula is C23H43N3O3. The smallest absolute Gasteiger partial charge is 0.193 e. The van der Waals surface area contributed by atoms with Crippen LogP contribution in [-0.2, 0) is 14.2 Å². The molecule has 1 unspecified atom stereocenters. The Morgan fingerprint density at radius 2 is 1.69 bits per heavy atom. The molecule has 0 aromatic heterocycles. The summed E-state index contributed by atoms with van der Waals surface area (Å²) in [5.41, 5.74) is 0. The summed E-state index contributed by atoms with van der Waals surface area (Å²) in [6.45, 7) is 5.57. The third-order valence-electron chi connectivity index (χ3n) is 6.51. The van der Waals surface area contributed by atoms with Crippen molar-refractivity contribution in [2.75, 3.05) is 46.5 Å². The lowest BCUT2D eigenvalue weighted by Gasteiger charge is -2.34. The molecule has 1 saturated carbocycles. The summed E-state index contributed by atoms with van der Waals surface area (Å²) in [4.78, 5) is 6.86. The van der Waals surface area contributed by atoms with E-state index in [4.69, 9.17) is 14.2 Å². The fourth-order valence-electron chi connectivity index (χ4n) is 4.67. The number of guanidine groups is 1. The van der Waals surface area contributed by atoms with Gasteiger partial charge in [-0.25, -0.2) is 0 Å². The van der Waals surface area contributed by atoms with E-state index in [9.17, 15) is 0 Å². The second-order valence-corrected chi connectivity index (χ2v) is 8.82. The minimum Gasteiger partial charge on any atom is -0.378 e. The lowest BCUT2D eigenvalue weighted by atomic mass is 10.1. The SMILES string of the molecule is CN=C(NCCCCOC1CCCCCC1)N1CCC(OCC2CCCO2)CC1. The first-order chi connectivity index (χ1) is 14.3. The molecule has 0 radical (unpaired) electrons. The lowest BCUT2D eigenvalue weighted by Crippen LogP contribution is -2.47. The van der Waals surface area contributed by atoms with Crippen molar-refractivity contribution in [3.63, 3.8) is 0 Å². The highest BCUT2D eigenvalue weighted by molar-refractivity contribution is 5.79. The average Bonchev–Trinajstić information content (AvgIpc) is 3.15. The van der Waals surface area contributed by atoms with Crippen LogP contribution >= 0.6 is 0 Å². The Bertz CT molecular complexity index is 452. The summed E-state index contributed by atoms with van der Waals surface area (Å²) in [6, 6.07) is 0. The zero-order valence-electron chi connectivity index (χ0n) is 18.6. The summed E-state index contributed by atoms with van der Waals surface area (Å²) in [6.07, 6.45) is 15.9. The molecule has 0 spiro atoms. The molecule has 3 aliphatic rings. The Labute approximate surface area is 177 Å². The van der Waals surface area contributed by atoms with Crippen LogP contribution in [0.5, 0.6) is 0 Å². The monoisotopic (exact) mass is 409 g/mol. The standard InChI is InChI=1S/C23H43N3O3/c1-24-23(25-14-6-7-17-27-20-9-4-2-3-5-10-20)26-15-12-21(13-16-26)29-19-22-11-8-18-28-22/h20-22H,2-19H2,1H3,(H,24,25). The zero-order valence-corrected chi connectivity index (χ0v) is 18.6. The molecule has 3 rings (SSSR count). The van der Waals surface area contributed by atoms with Gasteiger partial charge in [0.2, 0.25) is 0 Å². The van der Waals surface area contributed by atoms with Crippen LogP contribution in [0.15, 0.2) is 4.99 Å². The summed E-state index contributed by atoms with van der Waals surface area (Å²) in [7, 11) is 1.89. The molecule has 1 aliphatic carbocycles. The number of likely N-dealkylation sites (tertiary alicyclic amines) is 1. The molecule has 2 heterocycles. The van der Waals surface area contributed by atoms with E-state index in [1.807, 2.05) is 7.05 Å². The molecule has 0 aromatic carbocycles. The Balaban J connectivity index is 1.22. The van der Waals surface area contributed by atoms with Crippen molar-refractivity contribution in [3.8, 4) is 0 Å². The number of unbranched alkanes of at least 4 members (excludes halogenated alkanes) is 1. The van der Waals surface area contributed by atoms with Gasteiger partial charge in [0.1, 0.15) is 0 Å². The largest absolute Gasteiger partial charge is 0.378 e. The van der Waals surface area contributed by atoms with Crippen LogP contribution in [0.4, 0.5) is 0 Å². The highest BCUT2D eigenvalue weighted by Gasteiger charge is 2.24. The van der Waals surface area contributed by atoms with Gasteiger partial charge in [0.15, 0.2) is 5.96 Å². The topological polar surface area (TPSA) is 55.3 Å². The van der Waals surface area contributed by atoms with Gasteiger partial charge in [-0.3, -0.25) is 4.99 Å². The molecule has 29 heavy (non-hydrogen) atoms. The Kier molecular flexibility index (Phi) is 10.6. The van der Waals surface area contributed by atoms with Gasteiger partial charge in [0, 0.05) is 39.9 Å². The first kappa shape index (κ1) is 22.8. The van der Waals surface area contributed by atoms with Crippen LogP contribution < -0.4 is 5.32 Å². The van der Waals surface area contributed by atoms with E-state index in [1.54, 1.807) is 0 Å². The minimum atomic E-state index is 0.328. The summed E-state index contributed by atoms with van der Waals surface area (Å²) in [5.74, 6) is 1.03.